The Labute approximate surface area is 179 Å². The summed E-state index contributed by atoms with van der Waals surface area (Å²) in [6.07, 6.45) is 0. The van der Waals surface area contributed by atoms with Crippen LogP contribution in [0.25, 0.3) is 0 Å². The molecule has 162 valence electrons. The Morgan fingerprint density at radius 1 is 0.903 bits per heavy atom. The molecule has 3 aromatic rings. The fraction of sp³-hybridized carbons (Fsp3) is 0.292. The molecule has 0 N–H and O–H groups in total. The van der Waals surface area contributed by atoms with Gasteiger partial charge < -0.3 is 9.15 Å². The molecular formula is C24H24F2N2O3. The van der Waals surface area contributed by atoms with Crippen molar-refractivity contribution in [2.45, 2.75) is 12.6 Å². The van der Waals surface area contributed by atoms with E-state index < -0.39 is 5.97 Å². The first-order valence-corrected chi connectivity index (χ1v) is 10.2. The second kappa shape index (κ2) is 9.41. The number of carbonyl (C=O) groups excluding carboxylic acids is 1. The van der Waals surface area contributed by atoms with Crippen molar-refractivity contribution in [3.63, 3.8) is 0 Å². The molecule has 0 unspecified atom stereocenters. The van der Waals surface area contributed by atoms with E-state index in [0.29, 0.717) is 12.3 Å². The number of piperazine rings is 1. The third-order valence-corrected chi connectivity index (χ3v) is 5.57. The van der Waals surface area contributed by atoms with Crippen LogP contribution in [0.1, 0.15) is 33.5 Å². The lowest BCUT2D eigenvalue weighted by Gasteiger charge is -2.39. The van der Waals surface area contributed by atoms with Gasteiger partial charge in [0.05, 0.1) is 19.7 Å². The Morgan fingerprint density at radius 2 is 1.45 bits per heavy atom. The maximum absolute atomic E-state index is 13.5. The van der Waals surface area contributed by atoms with Gasteiger partial charge >= 0.3 is 5.97 Å². The van der Waals surface area contributed by atoms with Gasteiger partial charge in [0.25, 0.3) is 0 Å². The summed E-state index contributed by atoms with van der Waals surface area (Å²) in [4.78, 5) is 16.1. The van der Waals surface area contributed by atoms with E-state index in [0.717, 1.165) is 37.3 Å². The van der Waals surface area contributed by atoms with Crippen LogP contribution in [0.2, 0.25) is 0 Å². The van der Waals surface area contributed by atoms with Crippen LogP contribution >= 0.6 is 0 Å². The summed E-state index contributed by atoms with van der Waals surface area (Å²) < 4.78 is 37.2. The van der Waals surface area contributed by atoms with Gasteiger partial charge in [-0.1, -0.05) is 24.3 Å². The third-order valence-electron chi connectivity index (χ3n) is 5.57. The molecule has 1 aromatic heterocycles. The second-order valence-electron chi connectivity index (χ2n) is 7.58. The minimum absolute atomic E-state index is 0.0853. The van der Waals surface area contributed by atoms with E-state index in [4.69, 9.17) is 4.42 Å². The molecule has 31 heavy (non-hydrogen) atoms. The minimum Gasteiger partial charge on any atom is -0.463 e. The zero-order valence-corrected chi connectivity index (χ0v) is 17.3. The summed E-state index contributed by atoms with van der Waals surface area (Å²) in [6.45, 7) is 3.76. The molecule has 7 heteroatoms. The first-order valence-electron chi connectivity index (χ1n) is 10.2. The van der Waals surface area contributed by atoms with Crippen molar-refractivity contribution in [2.24, 2.45) is 0 Å². The number of methoxy groups -OCH3 is 1. The van der Waals surface area contributed by atoms with Crippen molar-refractivity contribution in [1.29, 1.82) is 0 Å². The Bertz CT molecular complexity index is 965. The fourth-order valence-electron chi connectivity index (χ4n) is 3.98. The van der Waals surface area contributed by atoms with Crippen molar-refractivity contribution in [3.05, 3.63) is 94.9 Å². The molecule has 0 bridgehead atoms. The number of halogens is 2. The van der Waals surface area contributed by atoms with Gasteiger partial charge in [0.15, 0.2) is 0 Å². The van der Waals surface area contributed by atoms with E-state index in [1.807, 2.05) is 0 Å². The molecule has 1 saturated heterocycles. The third kappa shape index (κ3) is 5.00. The average Bonchev–Trinajstić information content (AvgIpc) is 3.25. The topological polar surface area (TPSA) is 45.9 Å². The van der Waals surface area contributed by atoms with Crippen LogP contribution in [0, 0.1) is 11.6 Å². The van der Waals surface area contributed by atoms with E-state index in [1.165, 1.54) is 31.4 Å². The highest BCUT2D eigenvalue weighted by molar-refractivity contribution is 5.86. The normalized spacial score (nSPS) is 15.4. The largest absolute Gasteiger partial charge is 0.463 e. The number of hydrogen-bond donors (Lipinski definition) is 0. The van der Waals surface area contributed by atoms with Crippen LogP contribution in [-0.4, -0.2) is 49.1 Å². The van der Waals surface area contributed by atoms with Crippen molar-refractivity contribution in [2.75, 3.05) is 33.3 Å². The van der Waals surface area contributed by atoms with E-state index >= 15 is 0 Å². The van der Waals surface area contributed by atoms with E-state index in [9.17, 15) is 13.6 Å². The molecule has 0 amide bonds. The van der Waals surface area contributed by atoms with Gasteiger partial charge in [0, 0.05) is 26.2 Å². The predicted molar refractivity (Wildman–Crippen MR) is 112 cm³/mol. The molecule has 0 radical (unpaired) electrons. The van der Waals surface area contributed by atoms with Crippen molar-refractivity contribution in [1.82, 2.24) is 9.80 Å². The molecular weight excluding hydrogens is 402 g/mol. The Morgan fingerprint density at radius 3 is 1.97 bits per heavy atom. The van der Waals surface area contributed by atoms with Crippen LogP contribution in [-0.2, 0) is 11.3 Å². The van der Waals surface area contributed by atoms with Crippen molar-refractivity contribution in [3.8, 4) is 0 Å². The highest BCUT2D eigenvalue weighted by Crippen LogP contribution is 2.30. The second-order valence-corrected chi connectivity index (χ2v) is 7.58. The zero-order chi connectivity index (χ0) is 21.8. The maximum Gasteiger partial charge on any atom is 0.373 e. The number of carbonyl (C=O) groups is 1. The average molecular weight is 426 g/mol. The van der Waals surface area contributed by atoms with Gasteiger partial charge in [-0.15, -0.1) is 0 Å². The van der Waals surface area contributed by atoms with E-state index in [1.54, 1.807) is 36.4 Å². The molecule has 5 nitrogen and oxygen atoms in total. The number of benzene rings is 2. The van der Waals surface area contributed by atoms with Crippen LogP contribution in [0.3, 0.4) is 0 Å². The molecule has 0 aliphatic carbocycles. The van der Waals surface area contributed by atoms with Gasteiger partial charge in [-0.05, 0) is 47.5 Å². The molecule has 4 rings (SSSR count). The number of ether oxygens (including phenoxy) is 1. The lowest BCUT2D eigenvalue weighted by molar-refractivity contribution is 0.0558. The van der Waals surface area contributed by atoms with Crippen LogP contribution in [0.5, 0.6) is 0 Å². The molecule has 1 aliphatic heterocycles. The van der Waals surface area contributed by atoms with Crippen LogP contribution in [0.15, 0.2) is 65.1 Å². The smallest absolute Gasteiger partial charge is 0.373 e. The highest BCUT2D eigenvalue weighted by atomic mass is 19.1. The maximum atomic E-state index is 13.5. The van der Waals surface area contributed by atoms with Crippen molar-refractivity contribution >= 4 is 5.97 Å². The summed E-state index contributed by atoms with van der Waals surface area (Å²) in [5.74, 6) is -0.142. The van der Waals surface area contributed by atoms with E-state index in [-0.39, 0.29) is 23.4 Å². The standard InChI is InChI=1S/C24H24F2N2O3/c1-30-24(29)22-11-10-21(31-22)16-27-12-14-28(15-13-27)23(17-2-6-19(25)7-3-17)18-4-8-20(26)9-5-18/h2-11,23H,12-16H2,1H3. The van der Waals surface area contributed by atoms with Gasteiger partial charge in [-0.2, -0.15) is 0 Å². The summed E-state index contributed by atoms with van der Waals surface area (Å²) in [5, 5.41) is 0. The van der Waals surface area contributed by atoms with Gasteiger partial charge in [-0.25, -0.2) is 13.6 Å². The Hall–Kier alpha value is -3.03. The predicted octanol–water partition coefficient (Wildman–Crippen LogP) is 4.25. The van der Waals surface area contributed by atoms with Gasteiger partial charge in [0.2, 0.25) is 5.76 Å². The highest BCUT2D eigenvalue weighted by Gasteiger charge is 2.27. The summed E-state index contributed by atoms with van der Waals surface area (Å²) in [6, 6.07) is 16.3. The van der Waals surface area contributed by atoms with Gasteiger partial charge in [-0.3, -0.25) is 9.80 Å². The number of furan rings is 1. The number of esters is 1. The number of hydrogen-bond acceptors (Lipinski definition) is 5. The Kier molecular flexibility index (Phi) is 6.44. The minimum atomic E-state index is -0.488. The molecule has 2 heterocycles. The monoisotopic (exact) mass is 426 g/mol. The lowest BCUT2D eigenvalue weighted by Crippen LogP contribution is -2.47. The SMILES string of the molecule is COC(=O)c1ccc(CN2CCN(C(c3ccc(F)cc3)c3ccc(F)cc3)CC2)o1. The van der Waals surface area contributed by atoms with Crippen LogP contribution < -0.4 is 0 Å². The quantitative estimate of drug-likeness (QED) is 0.552. The lowest BCUT2D eigenvalue weighted by atomic mass is 9.96. The fourth-order valence-corrected chi connectivity index (χ4v) is 3.98. The zero-order valence-electron chi connectivity index (χ0n) is 17.3. The summed E-state index contributed by atoms with van der Waals surface area (Å²) in [7, 11) is 1.32. The molecule has 1 aliphatic rings. The number of rotatable bonds is 6. The first kappa shape index (κ1) is 21.2. The molecule has 0 atom stereocenters. The summed E-state index contributed by atoms with van der Waals surface area (Å²) in [5.41, 5.74) is 1.94. The van der Waals surface area contributed by atoms with Crippen molar-refractivity contribution < 1.29 is 22.7 Å². The van der Waals surface area contributed by atoms with E-state index in [2.05, 4.69) is 14.5 Å². The molecule has 1 fully saturated rings. The molecule has 2 aromatic carbocycles. The van der Waals surface area contributed by atoms with Crippen LogP contribution in [0.4, 0.5) is 8.78 Å². The molecule has 0 spiro atoms. The molecule has 0 saturated carbocycles. The Balaban J connectivity index is 1.46. The van der Waals surface area contributed by atoms with Gasteiger partial charge in [0.1, 0.15) is 17.4 Å². The first-order chi connectivity index (χ1) is 15.0. The summed E-state index contributed by atoms with van der Waals surface area (Å²) >= 11 is 0. The number of nitrogens with zero attached hydrogens (tertiary/aromatic N) is 2.